The Balaban J connectivity index is 1.86. The molecule has 1 heterocycles. The van der Waals surface area contributed by atoms with Gasteiger partial charge in [0, 0.05) is 18.7 Å². The number of nitrogens with zero attached hydrogens (tertiary/aromatic N) is 1. The van der Waals surface area contributed by atoms with Gasteiger partial charge in [-0.3, -0.25) is 14.4 Å². The third-order valence-corrected chi connectivity index (χ3v) is 7.92. The molecule has 3 atom stereocenters. The number of benzene rings is 1. The van der Waals surface area contributed by atoms with Crippen molar-refractivity contribution in [3.05, 3.63) is 69.0 Å². The van der Waals surface area contributed by atoms with Crippen LogP contribution in [0.15, 0.2) is 47.4 Å². The molecule has 1 aliphatic rings. The van der Waals surface area contributed by atoms with E-state index in [4.69, 9.17) is 25.8 Å². The molecule has 0 radical (unpaired) electrons. The fourth-order valence-electron chi connectivity index (χ4n) is 5.35. The highest BCUT2D eigenvalue weighted by molar-refractivity contribution is 6.30. The summed E-state index contributed by atoms with van der Waals surface area (Å²) in [4.78, 5) is 43.6. The zero-order valence-corrected chi connectivity index (χ0v) is 25.9. The zero-order valence-electron chi connectivity index (χ0n) is 25.2. The number of hydrogen-bond donors (Lipinski definition) is 3. The summed E-state index contributed by atoms with van der Waals surface area (Å²) in [6, 6.07) is 8.97. The molecule has 0 bridgehead atoms. The number of pyridine rings is 1. The molecule has 1 aromatic heterocycles. The predicted octanol–water partition coefficient (Wildman–Crippen LogP) is 5.38. The second kappa shape index (κ2) is 13.8. The molecule has 0 saturated heterocycles. The van der Waals surface area contributed by atoms with Gasteiger partial charge in [-0.1, -0.05) is 37.9 Å². The lowest BCUT2D eigenvalue weighted by molar-refractivity contribution is -0.120. The van der Waals surface area contributed by atoms with Crippen LogP contribution in [0.4, 0.5) is 11.5 Å². The minimum Gasteiger partial charge on any atom is -0.493 e. The molecule has 0 aliphatic heterocycles. The van der Waals surface area contributed by atoms with Crippen molar-refractivity contribution in [2.75, 3.05) is 32.0 Å². The van der Waals surface area contributed by atoms with Crippen LogP contribution in [0.5, 0.6) is 17.2 Å². The van der Waals surface area contributed by atoms with Gasteiger partial charge in [-0.25, -0.2) is 4.98 Å². The maximum absolute atomic E-state index is 13.8. The third-order valence-electron chi connectivity index (χ3n) is 7.70. The lowest BCUT2D eigenvalue weighted by atomic mass is 9.95. The molecular weight excluding hydrogens is 572 g/mol. The van der Waals surface area contributed by atoms with Crippen molar-refractivity contribution in [1.29, 1.82) is 0 Å². The molecule has 0 spiro atoms. The Kier molecular flexibility index (Phi) is 10.1. The van der Waals surface area contributed by atoms with E-state index >= 15 is 0 Å². The number of aromatic nitrogens is 1. The molecule has 228 valence electrons. The summed E-state index contributed by atoms with van der Waals surface area (Å²) in [6.45, 7) is 5.35. The topological polar surface area (TPSA) is 128 Å². The maximum atomic E-state index is 13.8. The molecule has 43 heavy (non-hydrogen) atoms. The van der Waals surface area contributed by atoms with Crippen molar-refractivity contribution in [2.24, 2.45) is 5.92 Å². The van der Waals surface area contributed by atoms with E-state index in [1.54, 1.807) is 32.4 Å². The highest BCUT2D eigenvalue weighted by atomic mass is 35.5. The van der Waals surface area contributed by atoms with E-state index in [0.717, 1.165) is 11.1 Å². The number of aryl methyl sites for hydroxylation is 1. The molecule has 10 nitrogen and oxygen atoms in total. The van der Waals surface area contributed by atoms with E-state index in [1.165, 1.54) is 26.3 Å². The molecule has 0 fully saturated rings. The van der Waals surface area contributed by atoms with Crippen LogP contribution in [0, 0.1) is 5.92 Å². The minimum atomic E-state index is -0.741. The van der Waals surface area contributed by atoms with Gasteiger partial charge < -0.3 is 30.2 Å². The second-order valence-corrected chi connectivity index (χ2v) is 10.9. The fourth-order valence-corrected chi connectivity index (χ4v) is 5.46. The summed E-state index contributed by atoms with van der Waals surface area (Å²) in [5.74, 6) is 1.07. The summed E-state index contributed by atoms with van der Waals surface area (Å²) in [5, 5.41) is 9.46. The highest BCUT2D eigenvalue weighted by Crippen LogP contribution is 2.50. The number of ether oxygens (including phenoxy) is 3. The van der Waals surface area contributed by atoms with Crippen molar-refractivity contribution in [3.63, 3.8) is 0 Å². The largest absolute Gasteiger partial charge is 0.493 e. The molecule has 4 rings (SSSR count). The molecular formula is C32H37ClN4O6. The first kappa shape index (κ1) is 31.6. The van der Waals surface area contributed by atoms with Crippen LogP contribution in [0.25, 0.3) is 11.1 Å². The van der Waals surface area contributed by atoms with E-state index in [2.05, 4.69) is 20.9 Å². The standard InChI is InChI=1S/C32H37ClN4O6/c1-7-17(2)29(32(40)37-27-13-9-20(33)16-34-27)36-24-12-10-21-22(15-25(24)39)23(35-18(3)38)11-8-19-14-26(41-4)30(42-5)31(43-6)28(19)21/h9-10,12-17,23,29H,7-8,11H2,1-6H3,(H,35,38)(H,36,39)(H,34,37,40)/t17-,23+,29+/m1/s1. The first-order valence-corrected chi connectivity index (χ1v) is 14.5. The summed E-state index contributed by atoms with van der Waals surface area (Å²) < 4.78 is 17.1. The third kappa shape index (κ3) is 6.85. The first-order chi connectivity index (χ1) is 20.6. The number of rotatable bonds is 10. The van der Waals surface area contributed by atoms with Gasteiger partial charge in [-0.15, -0.1) is 0 Å². The Bertz CT molecular complexity index is 1560. The fraction of sp³-hybridized carbons (Fsp3) is 0.375. The van der Waals surface area contributed by atoms with Gasteiger partial charge in [-0.05, 0) is 65.8 Å². The number of anilines is 2. The summed E-state index contributed by atoms with van der Waals surface area (Å²) >= 11 is 5.94. The molecule has 1 aliphatic carbocycles. The Labute approximate surface area is 256 Å². The van der Waals surface area contributed by atoms with Gasteiger partial charge in [0.25, 0.3) is 0 Å². The number of hydrogen-bond acceptors (Lipinski definition) is 8. The predicted molar refractivity (Wildman–Crippen MR) is 167 cm³/mol. The lowest BCUT2D eigenvalue weighted by Gasteiger charge is -2.23. The van der Waals surface area contributed by atoms with Crippen LogP contribution in [-0.4, -0.2) is 44.2 Å². The molecule has 2 aromatic carbocycles. The van der Waals surface area contributed by atoms with Crippen LogP contribution in [0.2, 0.25) is 5.02 Å². The van der Waals surface area contributed by atoms with Crippen LogP contribution < -0.4 is 35.6 Å². The minimum absolute atomic E-state index is 0.125. The monoisotopic (exact) mass is 608 g/mol. The van der Waals surface area contributed by atoms with Gasteiger partial charge in [0.2, 0.25) is 23.0 Å². The number of amides is 2. The van der Waals surface area contributed by atoms with Crippen molar-refractivity contribution in [2.45, 2.75) is 52.1 Å². The van der Waals surface area contributed by atoms with E-state index in [1.807, 2.05) is 26.0 Å². The van der Waals surface area contributed by atoms with Gasteiger partial charge in [0.1, 0.15) is 11.9 Å². The van der Waals surface area contributed by atoms with Crippen molar-refractivity contribution in [1.82, 2.24) is 10.3 Å². The number of carbonyl (C=O) groups is 2. The Morgan fingerprint density at radius 2 is 1.81 bits per heavy atom. The van der Waals surface area contributed by atoms with Crippen molar-refractivity contribution >= 4 is 34.9 Å². The maximum Gasteiger partial charge on any atom is 0.248 e. The van der Waals surface area contributed by atoms with Gasteiger partial charge in [-0.2, -0.15) is 0 Å². The Hall–Kier alpha value is -4.31. The summed E-state index contributed by atoms with van der Waals surface area (Å²) in [7, 11) is 4.64. The quantitative estimate of drug-likeness (QED) is 0.280. The molecule has 0 unspecified atom stereocenters. The average molecular weight is 609 g/mol. The van der Waals surface area contributed by atoms with E-state index in [9.17, 15) is 14.4 Å². The summed E-state index contributed by atoms with van der Waals surface area (Å²) in [5.41, 5.74) is 2.90. The Morgan fingerprint density at radius 3 is 2.42 bits per heavy atom. The SMILES string of the molecule is CC[C@@H](C)[C@H](Nc1ccc2c(cc1=O)[C@@H](NC(C)=O)CCc1cc(OC)c(OC)c(OC)c1-2)C(=O)Nc1ccc(Cl)cn1. The van der Waals surface area contributed by atoms with Gasteiger partial charge >= 0.3 is 0 Å². The van der Waals surface area contributed by atoms with Gasteiger partial charge in [0.05, 0.1) is 38.1 Å². The molecule has 11 heteroatoms. The van der Waals surface area contributed by atoms with E-state index < -0.39 is 12.1 Å². The number of nitrogens with one attached hydrogen (secondary N) is 3. The lowest BCUT2D eigenvalue weighted by Crippen LogP contribution is -2.40. The van der Waals surface area contributed by atoms with Crippen LogP contribution in [0.3, 0.4) is 0 Å². The smallest absolute Gasteiger partial charge is 0.248 e. The highest BCUT2D eigenvalue weighted by Gasteiger charge is 2.30. The van der Waals surface area contributed by atoms with Crippen LogP contribution in [0.1, 0.15) is 50.8 Å². The van der Waals surface area contributed by atoms with E-state index in [0.29, 0.717) is 58.5 Å². The molecule has 0 saturated carbocycles. The van der Waals surface area contributed by atoms with Crippen LogP contribution >= 0.6 is 11.6 Å². The molecule has 3 N–H and O–H groups in total. The first-order valence-electron chi connectivity index (χ1n) is 14.1. The molecule has 2 amide bonds. The van der Waals surface area contributed by atoms with Gasteiger partial charge in [0.15, 0.2) is 11.5 Å². The average Bonchev–Trinajstić information content (AvgIpc) is 3.23. The van der Waals surface area contributed by atoms with Crippen molar-refractivity contribution in [3.8, 4) is 28.4 Å². The van der Waals surface area contributed by atoms with Crippen molar-refractivity contribution < 1.29 is 23.8 Å². The second-order valence-electron chi connectivity index (χ2n) is 10.5. The number of methoxy groups -OCH3 is 3. The van der Waals surface area contributed by atoms with Crippen LogP contribution in [-0.2, 0) is 16.0 Å². The van der Waals surface area contributed by atoms with E-state index in [-0.39, 0.29) is 28.8 Å². The number of halogens is 1. The summed E-state index contributed by atoms with van der Waals surface area (Å²) in [6.07, 6.45) is 3.25. The normalized spacial score (nSPS) is 15.1. The Morgan fingerprint density at radius 1 is 1.07 bits per heavy atom. The zero-order chi connectivity index (χ0) is 31.3. The molecule has 3 aromatic rings. The number of carbonyl (C=O) groups excluding carboxylic acids is 2. The number of fused-ring (bicyclic) bond motifs is 3.